The van der Waals surface area contributed by atoms with Gasteiger partial charge < -0.3 is 0 Å². The van der Waals surface area contributed by atoms with Gasteiger partial charge >= 0.3 is 0 Å². The van der Waals surface area contributed by atoms with Gasteiger partial charge in [0, 0.05) is 11.8 Å². The van der Waals surface area contributed by atoms with E-state index in [-0.39, 0.29) is 0 Å². The molecule has 1 aliphatic rings. The van der Waals surface area contributed by atoms with Gasteiger partial charge in [-0.05, 0) is 18.8 Å². The first-order valence-corrected chi connectivity index (χ1v) is 4.15. The SMILES string of the molecule is CC1C[C@@H](C)C(=O)[C@@H](C)C1. The van der Waals surface area contributed by atoms with Gasteiger partial charge in [0.05, 0.1) is 0 Å². The van der Waals surface area contributed by atoms with Crippen LogP contribution < -0.4 is 0 Å². The van der Waals surface area contributed by atoms with Crippen LogP contribution in [0.15, 0.2) is 0 Å². The van der Waals surface area contributed by atoms with Gasteiger partial charge in [-0.25, -0.2) is 0 Å². The Kier molecular flexibility index (Phi) is 2.12. The Hall–Kier alpha value is -0.330. The second-order valence-electron chi connectivity index (χ2n) is 3.78. The van der Waals surface area contributed by atoms with Crippen molar-refractivity contribution in [1.82, 2.24) is 0 Å². The van der Waals surface area contributed by atoms with Crippen LogP contribution in [0.25, 0.3) is 0 Å². The van der Waals surface area contributed by atoms with Crippen molar-refractivity contribution in [3.8, 4) is 0 Å². The summed E-state index contributed by atoms with van der Waals surface area (Å²) in [5.74, 6) is 1.86. The first kappa shape index (κ1) is 7.77. The Morgan fingerprint density at radius 3 is 1.90 bits per heavy atom. The van der Waals surface area contributed by atoms with Crippen molar-refractivity contribution in [1.29, 1.82) is 0 Å². The van der Waals surface area contributed by atoms with Gasteiger partial charge in [0.15, 0.2) is 0 Å². The summed E-state index contributed by atoms with van der Waals surface area (Å²) < 4.78 is 0. The minimum absolute atomic E-state index is 0.318. The van der Waals surface area contributed by atoms with E-state index in [2.05, 4.69) is 20.8 Å². The van der Waals surface area contributed by atoms with Gasteiger partial charge in [0.25, 0.3) is 0 Å². The zero-order chi connectivity index (χ0) is 7.72. The highest BCUT2D eigenvalue weighted by molar-refractivity contribution is 5.83. The van der Waals surface area contributed by atoms with E-state index in [9.17, 15) is 4.79 Å². The summed E-state index contributed by atoms with van der Waals surface area (Å²) in [4.78, 5) is 11.3. The molecule has 0 aromatic heterocycles. The third-order valence-electron chi connectivity index (χ3n) is 2.48. The number of ketones is 1. The molecule has 0 N–H and O–H groups in total. The van der Waals surface area contributed by atoms with E-state index in [1.807, 2.05) is 0 Å². The summed E-state index contributed by atoms with van der Waals surface area (Å²) in [6.45, 7) is 6.34. The summed E-state index contributed by atoms with van der Waals surface area (Å²) >= 11 is 0. The minimum atomic E-state index is 0.318. The number of Topliss-reactive ketones (excluding diaryl/α,β-unsaturated/α-hetero) is 1. The molecule has 1 rings (SSSR count). The molecule has 0 aliphatic heterocycles. The van der Waals surface area contributed by atoms with E-state index >= 15 is 0 Å². The van der Waals surface area contributed by atoms with Crippen molar-refractivity contribution in [2.75, 3.05) is 0 Å². The lowest BCUT2D eigenvalue weighted by Gasteiger charge is -2.27. The van der Waals surface area contributed by atoms with Crippen molar-refractivity contribution < 1.29 is 4.79 Å². The Morgan fingerprint density at radius 1 is 1.10 bits per heavy atom. The average Bonchev–Trinajstić information content (AvgIpc) is 1.82. The molecule has 58 valence electrons. The first-order valence-electron chi connectivity index (χ1n) is 4.15. The molecule has 0 spiro atoms. The Bertz CT molecular complexity index is 126. The standard InChI is InChI=1S/C9H16O/c1-6-4-7(2)9(10)8(3)5-6/h6-8H,4-5H2,1-3H3/t6?,7-,8+. The van der Waals surface area contributed by atoms with Crippen LogP contribution in [-0.2, 0) is 4.79 Å². The van der Waals surface area contributed by atoms with Gasteiger partial charge in [0.1, 0.15) is 5.78 Å². The molecule has 0 aromatic rings. The van der Waals surface area contributed by atoms with E-state index in [1.54, 1.807) is 0 Å². The molecule has 0 bridgehead atoms. The molecule has 0 amide bonds. The fraction of sp³-hybridized carbons (Fsp3) is 0.889. The van der Waals surface area contributed by atoms with Gasteiger partial charge in [-0.15, -0.1) is 0 Å². The van der Waals surface area contributed by atoms with Gasteiger partial charge in [0.2, 0.25) is 0 Å². The van der Waals surface area contributed by atoms with E-state index in [0.717, 1.165) is 18.8 Å². The number of rotatable bonds is 0. The molecule has 1 heteroatoms. The Labute approximate surface area is 62.8 Å². The van der Waals surface area contributed by atoms with E-state index in [1.165, 1.54) is 0 Å². The quantitative estimate of drug-likeness (QED) is 0.504. The lowest BCUT2D eigenvalue weighted by Crippen LogP contribution is -2.28. The summed E-state index contributed by atoms with van der Waals surface area (Å²) in [5.41, 5.74) is 0. The average molecular weight is 140 g/mol. The smallest absolute Gasteiger partial charge is 0.138 e. The summed E-state index contributed by atoms with van der Waals surface area (Å²) in [6.07, 6.45) is 2.20. The highest BCUT2D eigenvalue weighted by Gasteiger charge is 2.28. The molecule has 10 heavy (non-hydrogen) atoms. The van der Waals surface area contributed by atoms with Crippen LogP contribution in [0, 0.1) is 17.8 Å². The molecule has 1 fully saturated rings. The molecule has 0 radical (unpaired) electrons. The van der Waals surface area contributed by atoms with Crippen LogP contribution in [0.2, 0.25) is 0 Å². The van der Waals surface area contributed by atoms with Gasteiger partial charge in [-0.2, -0.15) is 0 Å². The predicted octanol–water partition coefficient (Wildman–Crippen LogP) is 2.26. The Balaban J connectivity index is 2.57. The highest BCUT2D eigenvalue weighted by Crippen LogP contribution is 2.29. The number of carbonyl (C=O) groups excluding carboxylic acids is 1. The van der Waals surface area contributed by atoms with Crippen molar-refractivity contribution >= 4 is 5.78 Å². The lowest BCUT2D eigenvalue weighted by atomic mass is 9.77. The van der Waals surface area contributed by atoms with Gasteiger partial charge in [-0.3, -0.25) is 4.79 Å². The zero-order valence-corrected chi connectivity index (χ0v) is 7.05. The molecule has 1 nitrogen and oxygen atoms in total. The molecule has 0 aromatic carbocycles. The maximum Gasteiger partial charge on any atom is 0.138 e. The van der Waals surface area contributed by atoms with Crippen molar-refractivity contribution in [2.24, 2.45) is 17.8 Å². The van der Waals surface area contributed by atoms with Crippen molar-refractivity contribution in [3.05, 3.63) is 0 Å². The third kappa shape index (κ3) is 1.39. The lowest BCUT2D eigenvalue weighted by molar-refractivity contribution is -0.129. The summed E-state index contributed by atoms with van der Waals surface area (Å²) in [7, 11) is 0. The second-order valence-corrected chi connectivity index (χ2v) is 3.78. The van der Waals surface area contributed by atoms with Crippen molar-refractivity contribution in [2.45, 2.75) is 33.6 Å². The molecule has 1 aliphatic carbocycles. The van der Waals surface area contributed by atoms with Crippen LogP contribution in [0.4, 0.5) is 0 Å². The fourth-order valence-corrected chi connectivity index (χ4v) is 2.02. The highest BCUT2D eigenvalue weighted by atomic mass is 16.1. The normalized spacial score (nSPS) is 41.9. The molecular weight excluding hydrogens is 124 g/mol. The largest absolute Gasteiger partial charge is 0.299 e. The molecule has 0 heterocycles. The van der Waals surface area contributed by atoms with E-state index in [4.69, 9.17) is 0 Å². The molecule has 1 saturated carbocycles. The van der Waals surface area contributed by atoms with Crippen LogP contribution in [0.1, 0.15) is 33.6 Å². The minimum Gasteiger partial charge on any atom is -0.299 e. The summed E-state index contributed by atoms with van der Waals surface area (Å²) in [6, 6.07) is 0. The molecular formula is C9H16O. The first-order chi connectivity index (χ1) is 4.61. The number of hydrogen-bond donors (Lipinski definition) is 0. The maximum atomic E-state index is 11.3. The number of hydrogen-bond acceptors (Lipinski definition) is 1. The number of carbonyl (C=O) groups is 1. The zero-order valence-electron chi connectivity index (χ0n) is 7.05. The monoisotopic (exact) mass is 140 g/mol. The maximum absolute atomic E-state index is 11.3. The summed E-state index contributed by atoms with van der Waals surface area (Å²) in [5, 5.41) is 0. The third-order valence-corrected chi connectivity index (χ3v) is 2.48. The van der Waals surface area contributed by atoms with Crippen LogP contribution in [0.3, 0.4) is 0 Å². The van der Waals surface area contributed by atoms with Crippen LogP contribution in [-0.4, -0.2) is 5.78 Å². The van der Waals surface area contributed by atoms with Crippen LogP contribution >= 0.6 is 0 Å². The Morgan fingerprint density at radius 2 is 1.50 bits per heavy atom. The molecule has 3 atom stereocenters. The molecule has 1 unspecified atom stereocenters. The van der Waals surface area contributed by atoms with E-state index in [0.29, 0.717) is 17.6 Å². The second kappa shape index (κ2) is 2.73. The van der Waals surface area contributed by atoms with Crippen molar-refractivity contribution in [3.63, 3.8) is 0 Å². The van der Waals surface area contributed by atoms with Gasteiger partial charge in [-0.1, -0.05) is 20.8 Å². The topological polar surface area (TPSA) is 17.1 Å². The van der Waals surface area contributed by atoms with Crippen LogP contribution in [0.5, 0.6) is 0 Å². The van der Waals surface area contributed by atoms with E-state index < -0.39 is 0 Å². The fourth-order valence-electron chi connectivity index (χ4n) is 2.02. The molecule has 0 saturated heterocycles. The predicted molar refractivity (Wildman–Crippen MR) is 41.7 cm³/mol.